The lowest BCUT2D eigenvalue weighted by Crippen LogP contribution is -2.52. The molecule has 0 aliphatic rings. The first-order chi connectivity index (χ1) is 16.5. The molecular formula is C30H30N2OSi. The Morgan fingerprint density at radius 2 is 1.24 bits per heavy atom. The standard InChI is InChI=1S/C30H30N2OSi/c1-4-9-30(33)31-22-14-18-24(19-15-22)34(2,3)25-20-16-23(17-21-25)32-28-12-7-5-10-26(28)27-11-6-8-13-29(27)32/h5-8,10-21H,4,9H2,1-3H3,(H,31,33). The van der Waals surface area contributed by atoms with Crippen molar-refractivity contribution in [3.8, 4) is 5.69 Å². The van der Waals surface area contributed by atoms with Gasteiger partial charge in [0.2, 0.25) is 5.91 Å². The predicted molar refractivity (Wildman–Crippen MR) is 148 cm³/mol. The van der Waals surface area contributed by atoms with Crippen molar-refractivity contribution in [2.75, 3.05) is 5.32 Å². The molecular weight excluding hydrogens is 432 g/mol. The molecule has 5 rings (SSSR count). The molecule has 4 heteroatoms. The molecule has 5 aromatic rings. The second-order valence-corrected chi connectivity index (χ2v) is 13.8. The van der Waals surface area contributed by atoms with Gasteiger partial charge in [0.25, 0.3) is 0 Å². The van der Waals surface area contributed by atoms with Gasteiger partial charge in [0.05, 0.1) is 11.0 Å². The number of para-hydroxylation sites is 2. The SMILES string of the molecule is CCCC(=O)Nc1ccc([Si](C)(C)c2ccc(-n3c4ccccc4c4ccccc43)cc2)cc1. The van der Waals surface area contributed by atoms with Crippen LogP contribution >= 0.6 is 0 Å². The van der Waals surface area contributed by atoms with Gasteiger partial charge in [-0.05, 0) is 42.8 Å². The van der Waals surface area contributed by atoms with Crippen molar-refractivity contribution in [3.63, 3.8) is 0 Å². The normalized spacial score (nSPS) is 11.7. The van der Waals surface area contributed by atoms with Gasteiger partial charge in [0, 0.05) is 28.6 Å². The Labute approximate surface area is 202 Å². The van der Waals surface area contributed by atoms with E-state index < -0.39 is 8.07 Å². The fourth-order valence-corrected chi connectivity index (χ4v) is 7.15. The third-order valence-electron chi connectivity index (χ3n) is 6.79. The van der Waals surface area contributed by atoms with E-state index in [1.165, 1.54) is 37.9 Å². The summed E-state index contributed by atoms with van der Waals surface area (Å²) in [4.78, 5) is 11.9. The quantitative estimate of drug-likeness (QED) is 0.293. The molecule has 0 spiro atoms. The minimum atomic E-state index is -1.87. The highest BCUT2D eigenvalue weighted by Crippen LogP contribution is 2.31. The van der Waals surface area contributed by atoms with Crippen LogP contribution in [-0.2, 0) is 4.79 Å². The van der Waals surface area contributed by atoms with E-state index >= 15 is 0 Å². The molecule has 1 N–H and O–H groups in total. The number of fused-ring (bicyclic) bond motifs is 3. The summed E-state index contributed by atoms with van der Waals surface area (Å²) < 4.78 is 2.36. The zero-order valence-electron chi connectivity index (χ0n) is 20.0. The Balaban J connectivity index is 1.47. The van der Waals surface area contributed by atoms with E-state index in [2.05, 4.69) is 108 Å². The minimum absolute atomic E-state index is 0.0763. The lowest BCUT2D eigenvalue weighted by molar-refractivity contribution is -0.116. The Morgan fingerprint density at radius 3 is 1.76 bits per heavy atom. The molecule has 0 atom stereocenters. The van der Waals surface area contributed by atoms with Gasteiger partial charge in [0.15, 0.2) is 0 Å². The third kappa shape index (κ3) is 3.95. The van der Waals surface area contributed by atoms with Gasteiger partial charge < -0.3 is 9.88 Å². The molecule has 34 heavy (non-hydrogen) atoms. The van der Waals surface area contributed by atoms with Gasteiger partial charge in [-0.3, -0.25) is 4.79 Å². The van der Waals surface area contributed by atoms with Crippen LogP contribution in [-0.4, -0.2) is 18.5 Å². The molecule has 0 aliphatic heterocycles. The Morgan fingerprint density at radius 1 is 0.735 bits per heavy atom. The summed E-state index contributed by atoms with van der Waals surface area (Å²) in [6.07, 6.45) is 1.41. The molecule has 0 aliphatic carbocycles. The molecule has 1 amide bonds. The summed E-state index contributed by atoms with van der Waals surface area (Å²) in [5, 5.41) is 8.29. The van der Waals surface area contributed by atoms with Gasteiger partial charge in [-0.1, -0.05) is 91.1 Å². The first-order valence-corrected chi connectivity index (χ1v) is 15.0. The monoisotopic (exact) mass is 462 g/mol. The number of carbonyl (C=O) groups is 1. The van der Waals surface area contributed by atoms with Crippen LogP contribution in [0.1, 0.15) is 19.8 Å². The molecule has 0 saturated carbocycles. The Hall–Kier alpha value is -3.63. The Kier molecular flexibility index (Phi) is 5.84. The number of hydrogen-bond acceptors (Lipinski definition) is 1. The van der Waals surface area contributed by atoms with E-state index in [-0.39, 0.29) is 5.91 Å². The fourth-order valence-electron chi connectivity index (χ4n) is 4.82. The highest BCUT2D eigenvalue weighted by Gasteiger charge is 2.26. The molecule has 1 aromatic heterocycles. The summed E-state index contributed by atoms with van der Waals surface area (Å²) in [6.45, 7) is 6.78. The second kappa shape index (κ2) is 8.96. The van der Waals surface area contributed by atoms with E-state index in [4.69, 9.17) is 0 Å². The molecule has 4 aromatic carbocycles. The summed E-state index contributed by atoms with van der Waals surface area (Å²) in [6, 6.07) is 34.7. The van der Waals surface area contributed by atoms with Crippen molar-refractivity contribution in [1.29, 1.82) is 0 Å². The first-order valence-electron chi connectivity index (χ1n) is 12.0. The maximum atomic E-state index is 11.9. The molecule has 3 nitrogen and oxygen atoms in total. The zero-order chi connectivity index (χ0) is 23.7. The number of benzene rings is 4. The lowest BCUT2D eigenvalue weighted by Gasteiger charge is -2.24. The fraction of sp³-hybridized carbons (Fsp3) is 0.167. The predicted octanol–water partition coefficient (Wildman–Crippen LogP) is 6.34. The average molecular weight is 463 g/mol. The van der Waals surface area contributed by atoms with Crippen molar-refractivity contribution in [3.05, 3.63) is 97.1 Å². The number of carbonyl (C=O) groups excluding carboxylic acids is 1. The molecule has 0 saturated heterocycles. The van der Waals surface area contributed by atoms with E-state index in [1.54, 1.807) is 0 Å². The topological polar surface area (TPSA) is 34.0 Å². The van der Waals surface area contributed by atoms with E-state index in [0.29, 0.717) is 6.42 Å². The van der Waals surface area contributed by atoms with Crippen molar-refractivity contribution >= 4 is 51.8 Å². The molecule has 170 valence electrons. The van der Waals surface area contributed by atoms with Crippen LogP contribution in [0.5, 0.6) is 0 Å². The minimum Gasteiger partial charge on any atom is -0.326 e. The molecule has 0 fully saturated rings. The summed E-state index contributed by atoms with van der Waals surface area (Å²) >= 11 is 0. The molecule has 0 unspecified atom stereocenters. The maximum Gasteiger partial charge on any atom is 0.224 e. The third-order valence-corrected chi connectivity index (χ3v) is 10.3. The number of hydrogen-bond donors (Lipinski definition) is 1. The van der Waals surface area contributed by atoms with Gasteiger partial charge in [-0.2, -0.15) is 0 Å². The van der Waals surface area contributed by atoms with Crippen LogP contribution in [0.15, 0.2) is 97.1 Å². The summed E-state index contributed by atoms with van der Waals surface area (Å²) in [7, 11) is -1.87. The van der Waals surface area contributed by atoms with E-state index in [1.807, 2.05) is 19.1 Å². The Bertz CT molecular complexity index is 1410. The van der Waals surface area contributed by atoms with Gasteiger partial charge >= 0.3 is 0 Å². The second-order valence-electron chi connectivity index (χ2n) is 9.42. The van der Waals surface area contributed by atoms with Crippen molar-refractivity contribution < 1.29 is 4.79 Å². The van der Waals surface area contributed by atoms with Crippen LogP contribution in [0.3, 0.4) is 0 Å². The van der Waals surface area contributed by atoms with Gasteiger partial charge in [-0.15, -0.1) is 0 Å². The zero-order valence-corrected chi connectivity index (χ0v) is 21.0. The van der Waals surface area contributed by atoms with E-state index in [9.17, 15) is 4.79 Å². The maximum absolute atomic E-state index is 11.9. The van der Waals surface area contributed by atoms with Crippen LogP contribution in [0.2, 0.25) is 13.1 Å². The molecule has 0 radical (unpaired) electrons. The van der Waals surface area contributed by atoms with Crippen LogP contribution in [0.25, 0.3) is 27.5 Å². The summed E-state index contributed by atoms with van der Waals surface area (Å²) in [5.41, 5.74) is 4.51. The number of aromatic nitrogens is 1. The molecule has 1 heterocycles. The highest BCUT2D eigenvalue weighted by atomic mass is 28.3. The van der Waals surface area contributed by atoms with Crippen LogP contribution < -0.4 is 15.7 Å². The van der Waals surface area contributed by atoms with Crippen LogP contribution in [0.4, 0.5) is 5.69 Å². The number of anilines is 1. The summed E-state index contributed by atoms with van der Waals surface area (Å²) in [5.74, 6) is 0.0763. The average Bonchev–Trinajstić information content (AvgIpc) is 3.19. The number of nitrogens with zero attached hydrogens (tertiary/aromatic N) is 1. The van der Waals surface area contributed by atoms with Crippen molar-refractivity contribution in [1.82, 2.24) is 4.57 Å². The van der Waals surface area contributed by atoms with E-state index in [0.717, 1.165) is 12.1 Å². The van der Waals surface area contributed by atoms with Gasteiger partial charge in [-0.25, -0.2) is 0 Å². The van der Waals surface area contributed by atoms with Crippen molar-refractivity contribution in [2.45, 2.75) is 32.9 Å². The largest absolute Gasteiger partial charge is 0.326 e. The highest BCUT2D eigenvalue weighted by molar-refractivity contribution is 7.00. The number of rotatable bonds is 6. The number of amides is 1. The van der Waals surface area contributed by atoms with Crippen LogP contribution in [0, 0.1) is 0 Å². The van der Waals surface area contributed by atoms with Crippen molar-refractivity contribution in [2.24, 2.45) is 0 Å². The lowest BCUT2D eigenvalue weighted by atomic mass is 10.2. The number of nitrogens with one attached hydrogen (secondary N) is 1. The molecule has 0 bridgehead atoms. The smallest absolute Gasteiger partial charge is 0.224 e. The van der Waals surface area contributed by atoms with Gasteiger partial charge in [0.1, 0.15) is 8.07 Å². The first kappa shape index (κ1) is 22.2.